The molecule has 2 saturated heterocycles. The van der Waals surface area contributed by atoms with Gasteiger partial charge in [0.2, 0.25) is 0 Å². The summed E-state index contributed by atoms with van der Waals surface area (Å²) in [7, 11) is -0.0499. The Morgan fingerprint density at radius 3 is 1.64 bits per heavy atom. The number of fused-ring (bicyclic) bond motifs is 3. The fraction of sp³-hybridized carbons (Fsp3) is 0.391. The highest BCUT2D eigenvalue weighted by atomic mass is 31.1. The smallest absolute Gasteiger partial charge is 0.338 e. The molecule has 2 aliphatic heterocycles. The van der Waals surface area contributed by atoms with Gasteiger partial charge in [-0.05, 0) is 124 Å². The molecule has 12 heteroatoms. The average molecular weight is 811 g/mol. The van der Waals surface area contributed by atoms with Crippen molar-refractivity contribution < 1.29 is 52.3 Å². The first-order valence-electron chi connectivity index (χ1n) is 20.0. The van der Waals surface area contributed by atoms with Crippen LogP contribution in [0.25, 0.3) is 21.5 Å². The van der Waals surface area contributed by atoms with Crippen molar-refractivity contribution in [2.75, 3.05) is 39.6 Å². The van der Waals surface area contributed by atoms with E-state index in [4.69, 9.17) is 33.2 Å². The van der Waals surface area contributed by atoms with Gasteiger partial charge in [-0.2, -0.15) is 0 Å². The Balaban J connectivity index is 0.915. The average Bonchev–Trinajstić information content (AvgIpc) is 3.84. The highest BCUT2D eigenvalue weighted by Gasteiger charge is 2.50. The number of carbonyl (C=O) groups excluding carboxylic acids is 4. The molecule has 0 aliphatic carbocycles. The number of hydrogen-bond acceptors (Lipinski definition) is 11. The van der Waals surface area contributed by atoms with Crippen LogP contribution in [-0.2, 0) is 33.3 Å². The molecule has 0 N–H and O–H groups in total. The molecule has 0 amide bonds. The molecular formula is C46H51O11P. The van der Waals surface area contributed by atoms with Crippen LogP contribution in [0.4, 0.5) is 0 Å². The van der Waals surface area contributed by atoms with Crippen molar-refractivity contribution in [3.8, 4) is 11.5 Å². The summed E-state index contributed by atoms with van der Waals surface area (Å²) in [6.07, 6.45) is 8.26. The van der Waals surface area contributed by atoms with E-state index in [0.717, 1.165) is 84.4 Å². The maximum absolute atomic E-state index is 13.5. The molecule has 4 aromatic rings. The molecule has 6 rings (SSSR count). The van der Waals surface area contributed by atoms with Crippen LogP contribution in [0.5, 0.6) is 11.5 Å². The normalized spacial score (nSPS) is 18.6. The summed E-state index contributed by atoms with van der Waals surface area (Å²) in [5.41, 5.74) is 0.976. The molecule has 2 fully saturated rings. The lowest BCUT2D eigenvalue weighted by Crippen LogP contribution is -2.33. The van der Waals surface area contributed by atoms with E-state index in [0.29, 0.717) is 44.2 Å². The van der Waals surface area contributed by atoms with Crippen molar-refractivity contribution in [1.29, 1.82) is 0 Å². The van der Waals surface area contributed by atoms with Gasteiger partial charge in [-0.3, -0.25) is 4.79 Å². The number of unbranched alkanes of at least 4 members (excludes halogenated alkanes) is 6. The Kier molecular flexibility index (Phi) is 15.8. The van der Waals surface area contributed by atoms with E-state index in [1.54, 1.807) is 6.07 Å². The van der Waals surface area contributed by atoms with Gasteiger partial charge >= 0.3 is 17.9 Å². The lowest BCUT2D eigenvalue weighted by atomic mass is 10.1. The van der Waals surface area contributed by atoms with Gasteiger partial charge in [0.25, 0.3) is 0 Å². The molecule has 306 valence electrons. The van der Waals surface area contributed by atoms with E-state index < -0.39 is 30.1 Å². The van der Waals surface area contributed by atoms with E-state index in [1.807, 2.05) is 66.7 Å². The summed E-state index contributed by atoms with van der Waals surface area (Å²) < 4.78 is 39.9. The van der Waals surface area contributed by atoms with Crippen LogP contribution in [0.15, 0.2) is 98.1 Å². The molecule has 0 radical (unpaired) electrons. The standard InChI is InChI=1S/C46H51O11P/c1-3-41(47)53-23-11-7-5-9-21-51-37-19-17-31-25-35(15-13-33(31)27-37)45(49)57-39-29-55-44-40(30-56-43(39)44)58-46(50)36-16-14-34-28-38(20-18-32(34)26-36)52-22-10-6-8-12-24-54-42(48)4-2/h3-4,13-20,25-28,39-40,43-44,58H,1-2,5-12,21-24,29-30H2/t39-,40?,43-,44-/m1/s1. The molecule has 0 aromatic heterocycles. The Hall–Kier alpha value is -5.09. The van der Waals surface area contributed by atoms with E-state index in [2.05, 4.69) is 13.2 Å². The molecule has 2 heterocycles. The molecule has 11 nitrogen and oxygen atoms in total. The summed E-state index contributed by atoms with van der Waals surface area (Å²) in [6.45, 7) is 9.32. The zero-order chi connectivity index (χ0) is 40.7. The van der Waals surface area contributed by atoms with Crippen LogP contribution in [0, 0.1) is 0 Å². The van der Waals surface area contributed by atoms with Crippen molar-refractivity contribution in [2.24, 2.45) is 0 Å². The summed E-state index contributed by atoms with van der Waals surface area (Å²) in [6, 6.07) is 22.8. The van der Waals surface area contributed by atoms with Crippen molar-refractivity contribution >= 4 is 53.6 Å². The van der Waals surface area contributed by atoms with Gasteiger partial charge in [-0.1, -0.05) is 43.5 Å². The van der Waals surface area contributed by atoms with Crippen molar-refractivity contribution in [3.63, 3.8) is 0 Å². The van der Waals surface area contributed by atoms with Gasteiger partial charge < -0.3 is 33.2 Å². The molecule has 0 bridgehead atoms. The SMILES string of the molecule is C=CC(=O)OCCCCCCOc1ccc2cc(C(=O)O[C@@H]3CO[C@@H]4C(PC(=O)c5ccc6cc(OCCCCCCOC(=O)C=C)ccc6c5)CO[C@@H]43)ccc2c1. The van der Waals surface area contributed by atoms with Crippen LogP contribution in [0.3, 0.4) is 0 Å². The largest absolute Gasteiger partial charge is 0.494 e. The number of hydrogen-bond donors (Lipinski definition) is 0. The summed E-state index contributed by atoms with van der Waals surface area (Å²) >= 11 is 0. The molecule has 0 saturated carbocycles. The van der Waals surface area contributed by atoms with Crippen molar-refractivity contribution in [1.82, 2.24) is 0 Å². The first kappa shape index (κ1) is 42.5. The highest BCUT2D eigenvalue weighted by molar-refractivity contribution is 7.59. The molecular weight excluding hydrogens is 759 g/mol. The van der Waals surface area contributed by atoms with E-state index >= 15 is 0 Å². The van der Waals surface area contributed by atoms with Gasteiger partial charge in [0.05, 0.1) is 51.3 Å². The third-order valence-corrected chi connectivity index (χ3v) is 11.6. The second-order valence-electron chi connectivity index (χ2n) is 14.3. The number of rotatable bonds is 23. The van der Waals surface area contributed by atoms with E-state index in [-0.39, 0.29) is 32.5 Å². The third-order valence-electron chi connectivity index (χ3n) is 10.1. The minimum absolute atomic E-state index is 0.0326. The Morgan fingerprint density at radius 2 is 1.07 bits per heavy atom. The Bertz CT molecular complexity index is 1930. The first-order chi connectivity index (χ1) is 28.3. The zero-order valence-corrected chi connectivity index (χ0v) is 33.7. The number of benzene rings is 4. The summed E-state index contributed by atoms with van der Waals surface area (Å²) in [4.78, 5) is 48.9. The van der Waals surface area contributed by atoms with Crippen LogP contribution in [0.2, 0.25) is 0 Å². The van der Waals surface area contributed by atoms with Gasteiger partial charge in [-0.25, -0.2) is 14.4 Å². The summed E-state index contributed by atoms with van der Waals surface area (Å²) in [5.74, 6) is 0.296. The lowest BCUT2D eigenvalue weighted by Gasteiger charge is -2.17. The van der Waals surface area contributed by atoms with Gasteiger partial charge in [0, 0.05) is 23.4 Å². The minimum atomic E-state index is -0.568. The highest BCUT2D eigenvalue weighted by Crippen LogP contribution is 2.40. The molecule has 2 aliphatic rings. The van der Waals surface area contributed by atoms with Crippen LogP contribution >= 0.6 is 8.58 Å². The fourth-order valence-corrected chi connectivity index (χ4v) is 8.29. The van der Waals surface area contributed by atoms with Gasteiger partial charge in [0.15, 0.2) is 11.6 Å². The van der Waals surface area contributed by atoms with Crippen LogP contribution in [-0.4, -0.2) is 87.0 Å². The first-order valence-corrected chi connectivity index (χ1v) is 21.1. The third kappa shape index (κ3) is 12.0. The lowest BCUT2D eigenvalue weighted by molar-refractivity contribution is -0.138. The number of esters is 3. The summed E-state index contributed by atoms with van der Waals surface area (Å²) in [5, 5.41) is 3.78. The molecule has 0 spiro atoms. The van der Waals surface area contributed by atoms with E-state index in [9.17, 15) is 19.2 Å². The predicted octanol–water partition coefficient (Wildman–Crippen LogP) is 8.54. The van der Waals surface area contributed by atoms with Crippen molar-refractivity contribution in [3.05, 3.63) is 109 Å². The van der Waals surface area contributed by atoms with Crippen LogP contribution < -0.4 is 9.47 Å². The monoisotopic (exact) mass is 810 g/mol. The molecule has 58 heavy (non-hydrogen) atoms. The zero-order valence-electron chi connectivity index (χ0n) is 32.7. The molecule has 4 aromatic carbocycles. The van der Waals surface area contributed by atoms with Gasteiger partial charge in [-0.15, -0.1) is 0 Å². The van der Waals surface area contributed by atoms with Gasteiger partial charge in [0.1, 0.15) is 17.6 Å². The second-order valence-corrected chi connectivity index (χ2v) is 15.8. The van der Waals surface area contributed by atoms with E-state index in [1.165, 1.54) is 12.2 Å². The Labute approximate surface area is 340 Å². The molecule has 5 atom stereocenters. The van der Waals surface area contributed by atoms with Crippen molar-refractivity contribution in [2.45, 2.75) is 75.3 Å². The molecule has 2 unspecified atom stereocenters. The number of ether oxygens (including phenoxy) is 7. The topological polar surface area (TPSA) is 133 Å². The maximum Gasteiger partial charge on any atom is 0.338 e. The minimum Gasteiger partial charge on any atom is -0.494 e. The number of carbonyl (C=O) groups is 4. The second kappa shape index (κ2) is 21.6. The van der Waals surface area contributed by atoms with Crippen LogP contribution in [0.1, 0.15) is 72.1 Å². The Morgan fingerprint density at radius 1 is 0.586 bits per heavy atom. The quantitative estimate of drug-likeness (QED) is 0.0235. The predicted molar refractivity (Wildman–Crippen MR) is 223 cm³/mol. The fourth-order valence-electron chi connectivity index (χ4n) is 7.00. The maximum atomic E-state index is 13.5.